The largest absolute Gasteiger partial charge is 0.738 e. The molecule has 0 aromatic heterocycles. The molecule has 2 aromatic rings. The highest BCUT2D eigenvalue weighted by Gasteiger charge is 2.58. The van der Waals surface area contributed by atoms with Gasteiger partial charge in [0.15, 0.2) is 11.4 Å². The van der Waals surface area contributed by atoms with Crippen LogP contribution in [0.4, 0.5) is 20.0 Å². The third-order valence-corrected chi connectivity index (χ3v) is 4.20. The fourth-order valence-electron chi connectivity index (χ4n) is 3.20. The molecule has 1 aliphatic heterocycles. The van der Waals surface area contributed by atoms with Crippen LogP contribution in [-0.2, 0) is 0 Å². The Morgan fingerprint density at radius 1 is 0.792 bits per heavy atom. The Morgan fingerprint density at radius 2 is 1.46 bits per heavy atom. The van der Waals surface area contributed by atoms with Crippen molar-refractivity contribution in [3.05, 3.63) is 96.7 Å². The number of allylic oxidation sites excluding steroid dienone is 5. The smallest absolute Gasteiger partial charge is 0.389 e. The summed E-state index contributed by atoms with van der Waals surface area (Å²) in [6.45, 7) is -3.99. The number of nitrogens with zero attached hydrogens (tertiary/aromatic N) is 2. The second kappa shape index (κ2) is 5.60. The SMILES string of the molecule is F[B-]1(F)N(c2ccccc2)C2=CC=CC=CC2=[N+]1c1ccccc1. The fourth-order valence-corrected chi connectivity index (χ4v) is 3.20. The average molecular weight is 320 g/mol. The van der Waals surface area contributed by atoms with E-state index in [1.54, 1.807) is 72.8 Å². The van der Waals surface area contributed by atoms with Crippen LogP contribution < -0.4 is 4.81 Å². The van der Waals surface area contributed by atoms with Crippen LogP contribution in [0.15, 0.2) is 96.7 Å². The summed E-state index contributed by atoms with van der Waals surface area (Å²) < 4.78 is 32.1. The van der Waals surface area contributed by atoms with Crippen LogP contribution in [0.5, 0.6) is 0 Å². The molecule has 118 valence electrons. The monoisotopic (exact) mass is 320 g/mol. The van der Waals surface area contributed by atoms with Gasteiger partial charge in [-0.2, -0.15) is 0 Å². The first-order valence-corrected chi connectivity index (χ1v) is 7.83. The summed E-state index contributed by atoms with van der Waals surface area (Å²) in [5, 5.41) is 0. The van der Waals surface area contributed by atoms with Crippen LogP contribution in [0.25, 0.3) is 0 Å². The van der Waals surface area contributed by atoms with Gasteiger partial charge in [-0.25, -0.2) is 0 Å². The summed E-state index contributed by atoms with van der Waals surface area (Å²) in [4.78, 5) is 1.14. The summed E-state index contributed by atoms with van der Waals surface area (Å²) in [5.41, 5.74) is 1.96. The highest BCUT2D eigenvalue weighted by molar-refractivity contribution is 6.67. The van der Waals surface area contributed by atoms with Crippen molar-refractivity contribution in [1.82, 2.24) is 0 Å². The second-order valence-electron chi connectivity index (χ2n) is 5.68. The standard InChI is InChI=1S/C19H15BF2N2/c21-20(22)23(16-10-4-1-5-11-16)18-14-8-3-9-15-19(18)24(20)17-12-6-2-7-13-17/h1-15H. The summed E-state index contributed by atoms with van der Waals surface area (Å²) in [6.07, 6.45) is 8.89. The Labute approximate surface area is 139 Å². The molecule has 0 fully saturated rings. The quantitative estimate of drug-likeness (QED) is 0.729. The van der Waals surface area contributed by atoms with Crippen molar-refractivity contribution in [2.45, 2.75) is 0 Å². The van der Waals surface area contributed by atoms with Gasteiger partial charge in [0.25, 0.3) is 0 Å². The third kappa shape index (κ3) is 2.21. The molecule has 24 heavy (non-hydrogen) atoms. The molecule has 0 atom stereocenters. The maximum absolute atomic E-state index is 15.5. The molecule has 5 heteroatoms. The van der Waals surface area contributed by atoms with Crippen molar-refractivity contribution < 1.29 is 13.1 Å². The number of benzene rings is 2. The van der Waals surface area contributed by atoms with Crippen LogP contribution in [0, 0.1) is 0 Å². The first-order valence-electron chi connectivity index (χ1n) is 7.83. The Bertz CT molecular complexity index is 884. The van der Waals surface area contributed by atoms with Crippen molar-refractivity contribution in [3.8, 4) is 0 Å². The molecule has 1 aliphatic carbocycles. The molecule has 2 aromatic carbocycles. The zero-order valence-corrected chi connectivity index (χ0v) is 12.9. The molecule has 0 radical (unpaired) electrons. The van der Waals surface area contributed by atoms with E-state index >= 15 is 8.63 Å². The number of para-hydroxylation sites is 2. The van der Waals surface area contributed by atoms with Gasteiger partial charge >= 0.3 is 6.97 Å². The highest BCUT2D eigenvalue weighted by atomic mass is 19.2. The first-order chi connectivity index (χ1) is 11.7. The molecule has 0 bridgehead atoms. The van der Waals surface area contributed by atoms with Gasteiger partial charge in [0.2, 0.25) is 0 Å². The minimum absolute atomic E-state index is 0.480. The van der Waals surface area contributed by atoms with Crippen molar-refractivity contribution in [2.75, 3.05) is 4.81 Å². The highest BCUT2D eigenvalue weighted by Crippen LogP contribution is 2.38. The number of rotatable bonds is 2. The van der Waals surface area contributed by atoms with E-state index in [0.29, 0.717) is 22.8 Å². The lowest BCUT2D eigenvalue weighted by molar-refractivity contribution is -0.320. The number of fused-ring (bicyclic) bond motifs is 1. The van der Waals surface area contributed by atoms with Gasteiger partial charge in [-0.1, -0.05) is 54.6 Å². The Balaban J connectivity index is 1.97. The van der Waals surface area contributed by atoms with E-state index in [4.69, 9.17) is 0 Å². The molecule has 0 unspecified atom stereocenters. The number of halogens is 2. The van der Waals surface area contributed by atoms with Crippen LogP contribution in [0.1, 0.15) is 0 Å². The van der Waals surface area contributed by atoms with Gasteiger partial charge < -0.3 is 17.9 Å². The summed E-state index contributed by atoms with van der Waals surface area (Å²) in [5.74, 6) is 0. The average Bonchev–Trinajstić information content (AvgIpc) is 2.72. The minimum atomic E-state index is -3.99. The lowest BCUT2D eigenvalue weighted by Crippen LogP contribution is -2.48. The molecular formula is C19H15BF2N2. The maximum Gasteiger partial charge on any atom is 0.738 e. The summed E-state index contributed by atoms with van der Waals surface area (Å²) in [7, 11) is 0. The number of anilines is 1. The van der Waals surface area contributed by atoms with E-state index < -0.39 is 6.97 Å². The summed E-state index contributed by atoms with van der Waals surface area (Å²) in [6, 6.07) is 17.6. The fraction of sp³-hybridized carbons (Fsp3) is 0. The Hall–Kier alpha value is -2.95. The van der Waals surface area contributed by atoms with Gasteiger partial charge in [0.05, 0.1) is 5.70 Å². The predicted octanol–water partition coefficient (Wildman–Crippen LogP) is 4.68. The molecule has 0 N–H and O–H groups in total. The molecule has 2 nitrogen and oxygen atoms in total. The molecule has 1 heterocycles. The van der Waals surface area contributed by atoms with E-state index in [2.05, 4.69) is 0 Å². The first kappa shape index (κ1) is 14.6. The topological polar surface area (TPSA) is 6.25 Å². The predicted molar refractivity (Wildman–Crippen MR) is 94.6 cm³/mol. The van der Waals surface area contributed by atoms with Crippen molar-refractivity contribution in [3.63, 3.8) is 0 Å². The lowest BCUT2D eigenvalue weighted by Gasteiger charge is -2.29. The van der Waals surface area contributed by atoms with Gasteiger partial charge in [-0.05, 0) is 18.2 Å². The number of hydrogen-bond donors (Lipinski definition) is 0. The van der Waals surface area contributed by atoms with Crippen molar-refractivity contribution >= 4 is 24.1 Å². The van der Waals surface area contributed by atoms with Crippen LogP contribution in [-0.4, -0.2) is 17.2 Å². The Morgan fingerprint density at radius 3 is 2.17 bits per heavy atom. The second-order valence-corrected chi connectivity index (χ2v) is 5.68. The van der Waals surface area contributed by atoms with Gasteiger partial charge in [0, 0.05) is 23.9 Å². The van der Waals surface area contributed by atoms with E-state index in [9.17, 15) is 0 Å². The van der Waals surface area contributed by atoms with E-state index in [1.807, 2.05) is 18.2 Å². The third-order valence-electron chi connectivity index (χ3n) is 4.20. The van der Waals surface area contributed by atoms with Crippen molar-refractivity contribution in [2.24, 2.45) is 0 Å². The van der Waals surface area contributed by atoms with E-state index in [0.717, 1.165) is 9.30 Å². The normalized spacial score (nSPS) is 18.4. The zero-order chi connectivity index (χ0) is 16.6. The van der Waals surface area contributed by atoms with Crippen LogP contribution >= 0.6 is 0 Å². The van der Waals surface area contributed by atoms with E-state index in [1.165, 1.54) is 0 Å². The van der Waals surface area contributed by atoms with Gasteiger partial charge in [-0.15, -0.1) is 0 Å². The maximum atomic E-state index is 15.5. The molecule has 4 rings (SSSR count). The van der Waals surface area contributed by atoms with Gasteiger partial charge in [0.1, 0.15) is 0 Å². The molecule has 0 saturated carbocycles. The Kier molecular flexibility index (Phi) is 3.42. The minimum Gasteiger partial charge on any atom is -0.389 e. The molecular weight excluding hydrogens is 305 g/mol. The molecule has 0 amide bonds. The van der Waals surface area contributed by atoms with Crippen LogP contribution in [0.3, 0.4) is 0 Å². The van der Waals surface area contributed by atoms with Crippen LogP contribution in [0.2, 0.25) is 0 Å². The summed E-state index contributed by atoms with van der Waals surface area (Å²) >= 11 is 0. The lowest BCUT2D eigenvalue weighted by atomic mass is 9.92. The van der Waals surface area contributed by atoms with E-state index in [-0.39, 0.29) is 0 Å². The molecule has 0 spiro atoms. The van der Waals surface area contributed by atoms with Crippen molar-refractivity contribution in [1.29, 1.82) is 0 Å². The number of hydrogen-bond acceptors (Lipinski definition) is 1. The molecule has 0 saturated heterocycles. The zero-order valence-electron chi connectivity index (χ0n) is 12.9. The molecule has 2 aliphatic rings. The van der Waals surface area contributed by atoms with Gasteiger partial charge in [-0.3, -0.25) is 0 Å².